The number of pyridine rings is 2. The van der Waals surface area contributed by atoms with E-state index in [9.17, 15) is 10.1 Å². The minimum absolute atomic E-state index is 0.0364. The van der Waals surface area contributed by atoms with Crippen molar-refractivity contribution < 1.29 is 4.92 Å². The summed E-state index contributed by atoms with van der Waals surface area (Å²) in [5.74, 6) is 0.510. The first-order chi connectivity index (χ1) is 13.7. The van der Waals surface area contributed by atoms with Gasteiger partial charge in [0.05, 0.1) is 4.92 Å². The lowest BCUT2D eigenvalue weighted by Crippen LogP contribution is -1.93. The third kappa shape index (κ3) is 2.57. The smallest absolute Gasteiger partial charge is 0.264 e. The molecule has 0 amide bonds. The largest absolute Gasteiger partial charge is 0.269 e. The Morgan fingerprint density at radius 2 is 1.71 bits per heavy atom. The van der Waals surface area contributed by atoms with Crippen LogP contribution in [0.3, 0.4) is 0 Å². The average molecular weight is 367 g/mol. The summed E-state index contributed by atoms with van der Waals surface area (Å²) in [5.41, 5.74) is 3.48. The number of non-ortho nitro benzene ring substituents is 1. The summed E-state index contributed by atoms with van der Waals surface area (Å²) in [6.07, 6.45) is 5.46. The van der Waals surface area contributed by atoms with E-state index in [4.69, 9.17) is 4.98 Å². The van der Waals surface area contributed by atoms with Crippen LogP contribution in [0.25, 0.3) is 38.9 Å². The van der Waals surface area contributed by atoms with Gasteiger partial charge in [-0.05, 0) is 29.1 Å². The number of rotatable bonds is 3. The molecule has 3 heterocycles. The first-order valence-corrected chi connectivity index (χ1v) is 8.64. The van der Waals surface area contributed by atoms with Gasteiger partial charge in [0.1, 0.15) is 0 Å². The summed E-state index contributed by atoms with van der Waals surface area (Å²) in [5, 5.41) is 17.5. The summed E-state index contributed by atoms with van der Waals surface area (Å²) in [6.45, 7) is 0. The lowest BCUT2D eigenvalue weighted by molar-refractivity contribution is -0.384. The van der Waals surface area contributed by atoms with Crippen LogP contribution in [0.5, 0.6) is 0 Å². The van der Waals surface area contributed by atoms with Gasteiger partial charge in [-0.15, -0.1) is 5.10 Å². The van der Waals surface area contributed by atoms with Crippen LogP contribution in [0.2, 0.25) is 0 Å². The van der Waals surface area contributed by atoms with Gasteiger partial charge in [-0.25, -0.2) is 9.50 Å². The number of aromatic nitrogens is 4. The predicted molar refractivity (Wildman–Crippen MR) is 106 cm³/mol. The van der Waals surface area contributed by atoms with Crippen molar-refractivity contribution in [2.75, 3.05) is 0 Å². The van der Waals surface area contributed by atoms with E-state index in [1.807, 2.05) is 42.6 Å². The fraction of sp³-hybridized carbons (Fsp3) is 0. The van der Waals surface area contributed by atoms with Crippen LogP contribution in [0, 0.1) is 10.1 Å². The fourth-order valence-corrected chi connectivity index (χ4v) is 3.32. The molecular weight excluding hydrogens is 354 g/mol. The van der Waals surface area contributed by atoms with Crippen LogP contribution < -0.4 is 0 Å². The summed E-state index contributed by atoms with van der Waals surface area (Å²) in [4.78, 5) is 19.4. The number of benzene rings is 2. The van der Waals surface area contributed by atoms with Gasteiger partial charge in [0.2, 0.25) is 0 Å². The number of fused-ring (bicyclic) bond motifs is 2. The standard InChI is InChI=1S/C21H13N5O2/c27-26(28)17-8-6-15(7-9-17)20-23-21-19(14-4-2-1-3-5-14)18-10-11-22-12-16(18)13-25(21)24-20/h1-13H. The average Bonchev–Trinajstić information content (AvgIpc) is 3.16. The van der Waals surface area contributed by atoms with Crippen molar-refractivity contribution in [2.24, 2.45) is 0 Å². The molecule has 7 heteroatoms. The van der Waals surface area contributed by atoms with E-state index in [-0.39, 0.29) is 5.69 Å². The Bertz CT molecular complexity index is 1330. The molecule has 0 saturated heterocycles. The number of nitro groups is 1. The molecule has 0 radical (unpaired) electrons. The summed E-state index contributed by atoms with van der Waals surface area (Å²) < 4.78 is 1.74. The molecule has 5 aromatic rings. The molecule has 3 aromatic heterocycles. The molecular formula is C21H13N5O2. The SMILES string of the molecule is O=[N+]([O-])c1ccc(-c2nc3c(-c4ccccc4)c4ccncc4cn3n2)cc1. The molecule has 28 heavy (non-hydrogen) atoms. The van der Waals surface area contributed by atoms with E-state index < -0.39 is 4.92 Å². The summed E-state index contributed by atoms with van der Waals surface area (Å²) >= 11 is 0. The predicted octanol–water partition coefficient (Wildman–Crippen LogP) is 4.52. The second-order valence-corrected chi connectivity index (χ2v) is 6.34. The zero-order valence-electron chi connectivity index (χ0n) is 14.6. The van der Waals surface area contributed by atoms with Gasteiger partial charge in [-0.3, -0.25) is 15.1 Å². The van der Waals surface area contributed by atoms with E-state index in [0.29, 0.717) is 5.82 Å². The molecule has 0 unspecified atom stereocenters. The maximum absolute atomic E-state index is 10.9. The Labute approximate surface area is 159 Å². The maximum Gasteiger partial charge on any atom is 0.269 e. The van der Waals surface area contributed by atoms with Crippen LogP contribution in [-0.4, -0.2) is 24.5 Å². The Morgan fingerprint density at radius 3 is 2.46 bits per heavy atom. The van der Waals surface area contributed by atoms with Crippen molar-refractivity contribution in [3.63, 3.8) is 0 Å². The molecule has 5 rings (SSSR count). The highest BCUT2D eigenvalue weighted by molar-refractivity contribution is 6.02. The van der Waals surface area contributed by atoms with Gasteiger partial charge < -0.3 is 0 Å². The van der Waals surface area contributed by atoms with Gasteiger partial charge in [0.15, 0.2) is 11.5 Å². The third-order valence-electron chi connectivity index (χ3n) is 4.64. The van der Waals surface area contributed by atoms with Gasteiger partial charge in [-0.2, -0.15) is 0 Å². The molecule has 0 atom stereocenters. The molecule has 0 aliphatic rings. The molecule has 0 saturated carbocycles. The number of nitrogens with zero attached hydrogens (tertiary/aromatic N) is 5. The zero-order valence-corrected chi connectivity index (χ0v) is 14.6. The van der Waals surface area contributed by atoms with E-state index in [1.54, 1.807) is 29.0 Å². The Balaban J connectivity index is 1.77. The second kappa shape index (κ2) is 6.24. The molecule has 7 nitrogen and oxygen atoms in total. The monoisotopic (exact) mass is 367 g/mol. The number of hydrogen-bond acceptors (Lipinski definition) is 5. The quantitative estimate of drug-likeness (QED) is 0.346. The van der Waals surface area contributed by atoms with Crippen molar-refractivity contribution in [2.45, 2.75) is 0 Å². The highest BCUT2D eigenvalue weighted by atomic mass is 16.6. The van der Waals surface area contributed by atoms with E-state index >= 15 is 0 Å². The fourth-order valence-electron chi connectivity index (χ4n) is 3.32. The summed E-state index contributed by atoms with van der Waals surface area (Å²) in [7, 11) is 0. The van der Waals surface area contributed by atoms with Crippen molar-refractivity contribution >= 4 is 22.1 Å². The lowest BCUT2D eigenvalue weighted by atomic mass is 10.0. The molecule has 0 N–H and O–H groups in total. The first-order valence-electron chi connectivity index (χ1n) is 8.64. The Morgan fingerprint density at radius 1 is 0.929 bits per heavy atom. The van der Waals surface area contributed by atoms with Gasteiger partial charge >= 0.3 is 0 Å². The van der Waals surface area contributed by atoms with Crippen LogP contribution in [0.1, 0.15) is 0 Å². The molecule has 134 valence electrons. The number of hydrogen-bond donors (Lipinski definition) is 0. The molecule has 0 aliphatic heterocycles. The third-order valence-corrected chi connectivity index (χ3v) is 4.64. The van der Waals surface area contributed by atoms with Gasteiger partial charge in [0, 0.05) is 47.2 Å². The molecule has 0 spiro atoms. The van der Waals surface area contributed by atoms with Crippen molar-refractivity contribution in [1.29, 1.82) is 0 Å². The van der Waals surface area contributed by atoms with Crippen molar-refractivity contribution in [1.82, 2.24) is 19.6 Å². The maximum atomic E-state index is 10.9. The molecule has 0 aliphatic carbocycles. The summed E-state index contributed by atoms with van der Waals surface area (Å²) in [6, 6.07) is 18.2. The first kappa shape index (κ1) is 16.1. The Hall–Kier alpha value is -4.13. The van der Waals surface area contributed by atoms with E-state index in [0.717, 1.165) is 33.1 Å². The number of nitro benzene ring substituents is 1. The van der Waals surface area contributed by atoms with E-state index in [1.165, 1.54) is 12.1 Å². The van der Waals surface area contributed by atoms with Gasteiger partial charge in [0.25, 0.3) is 5.69 Å². The van der Waals surface area contributed by atoms with Crippen LogP contribution in [-0.2, 0) is 0 Å². The van der Waals surface area contributed by atoms with Gasteiger partial charge in [-0.1, -0.05) is 30.3 Å². The zero-order chi connectivity index (χ0) is 19.1. The van der Waals surface area contributed by atoms with Crippen molar-refractivity contribution in [3.8, 4) is 22.5 Å². The Kier molecular flexibility index (Phi) is 3.58. The second-order valence-electron chi connectivity index (χ2n) is 6.34. The molecule has 2 aromatic carbocycles. The highest BCUT2D eigenvalue weighted by Crippen LogP contribution is 2.32. The van der Waals surface area contributed by atoms with Crippen LogP contribution in [0.4, 0.5) is 5.69 Å². The van der Waals surface area contributed by atoms with Crippen molar-refractivity contribution in [3.05, 3.63) is 89.4 Å². The normalized spacial score (nSPS) is 11.1. The van der Waals surface area contributed by atoms with Crippen LogP contribution >= 0.6 is 0 Å². The van der Waals surface area contributed by atoms with E-state index in [2.05, 4.69) is 10.1 Å². The molecule has 0 fully saturated rings. The minimum atomic E-state index is -0.423. The molecule has 0 bridgehead atoms. The lowest BCUT2D eigenvalue weighted by Gasteiger charge is -2.08. The van der Waals surface area contributed by atoms with Crippen LogP contribution in [0.15, 0.2) is 79.3 Å². The minimum Gasteiger partial charge on any atom is -0.264 e. The highest BCUT2D eigenvalue weighted by Gasteiger charge is 2.16. The topological polar surface area (TPSA) is 86.2 Å².